The minimum atomic E-state index is -1.12. The van der Waals surface area contributed by atoms with Crippen molar-refractivity contribution in [3.8, 4) is 11.3 Å². The average Bonchev–Trinajstić information content (AvgIpc) is 3.30. The lowest BCUT2D eigenvalue weighted by Gasteiger charge is -2.33. The molecule has 9 nitrogen and oxygen atoms in total. The summed E-state index contributed by atoms with van der Waals surface area (Å²) in [6, 6.07) is 4.97. The van der Waals surface area contributed by atoms with Crippen molar-refractivity contribution in [1.29, 1.82) is 0 Å². The molecule has 2 aromatic heterocycles. The molecule has 2 fully saturated rings. The number of aromatic nitrogens is 3. The Balaban J connectivity index is 1.31. The second-order valence-electron chi connectivity index (χ2n) is 8.93. The summed E-state index contributed by atoms with van der Waals surface area (Å²) in [7, 11) is 0. The molecule has 1 saturated carbocycles. The number of amides is 2. The SMILES string of the molecule is CC1CCC(NC(=O)C2CCN(C(=O)c3cc(-c4ccnc(C(=O)O)c4)n[nH]3)CC2)CC1. The molecule has 0 radical (unpaired) electrons. The van der Waals surface area contributed by atoms with E-state index in [4.69, 9.17) is 5.11 Å². The molecule has 2 aromatic rings. The molecule has 3 heterocycles. The van der Waals surface area contributed by atoms with E-state index in [2.05, 4.69) is 27.4 Å². The molecule has 0 aromatic carbocycles. The number of carbonyl (C=O) groups excluding carboxylic acids is 2. The minimum Gasteiger partial charge on any atom is -0.477 e. The minimum absolute atomic E-state index is 0.0537. The Kier molecular flexibility index (Phi) is 6.53. The van der Waals surface area contributed by atoms with Crippen molar-refractivity contribution in [3.05, 3.63) is 35.8 Å². The number of hydrogen-bond donors (Lipinski definition) is 3. The van der Waals surface area contributed by atoms with Crippen LogP contribution >= 0.6 is 0 Å². The van der Waals surface area contributed by atoms with E-state index in [9.17, 15) is 14.4 Å². The van der Waals surface area contributed by atoms with E-state index in [0.29, 0.717) is 42.9 Å². The topological polar surface area (TPSA) is 128 Å². The Hall–Kier alpha value is -3.23. The van der Waals surface area contributed by atoms with Gasteiger partial charge in [-0.1, -0.05) is 6.92 Å². The van der Waals surface area contributed by atoms with Crippen molar-refractivity contribution in [2.24, 2.45) is 11.8 Å². The smallest absolute Gasteiger partial charge is 0.354 e. The summed E-state index contributed by atoms with van der Waals surface area (Å²) in [5.74, 6) is -0.479. The average molecular weight is 440 g/mol. The Morgan fingerprint density at radius 2 is 1.81 bits per heavy atom. The van der Waals surface area contributed by atoms with Crippen molar-refractivity contribution in [2.45, 2.75) is 51.5 Å². The standard InChI is InChI=1S/C23H29N5O4/c1-14-2-4-17(5-3-14)25-21(29)15-7-10-28(11-8-15)22(30)19-13-18(26-27-19)16-6-9-24-20(12-16)23(31)32/h6,9,12-15,17H,2-5,7-8,10-11H2,1H3,(H,25,29)(H,26,27)(H,31,32). The van der Waals surface area contributed by atoms with E-state index in [1.807, 2.05) is 0 Å². The van der Waals surface area contributed by atoms with Crippen LogP contribution in [-0.4, -0.2) is 62.1 Å². The first-order valence-corrected chi connectivity index (χ1v) is 11.3. The first-order chi connectivity index (χ1) is 15.4. The summed E-state index contributed by atoms with van der Waals surface area (Å²) < 4.78 is 0. The normalized spacial score (nSPS) is 21.8. The van der Waals surface area contributed by atoms with Crippen molar-refractivity contribution >= 4 is 17.8 Å². The lowest BCUT2D eigenvalue weighted by Crippen LogP contribution is -2.46. The summed E-state index contributed by atoms with van der Waals surface area (Å²) in [5.41, 5.74) is 1.31. The number of carboxylic acids is 1. The lowest BCUT2D eigenvalue weighted by molar-refractivity contribution is -0.127. The molecule has 0 bridgehead atoms. The van der Waals surface area contributed by atoms with Crippen molar-refractivity contribution in [1.82, 2.24) is 25.4 Å². The molecule has 4 rings (SSSR count). The maximum atomic E-state index is 12.9. The van der Waals surface area contributed by atoms with Crippen molar-refractivity contribution in [3.63, 3.8) is 0 Å². The third-order valence-electron chi connectivity index (χ3n) is 6.60. The first kappa shape index (κ1) is 22.0. The predicted octanol–water partition coefficient (Wildman–Crippen LogP) is 2.72. The predicted molar refractivity (Wildman–Crippen MR) is 117 cm³/mol. The fraction of sp³-hybridized carbons (Fsp3) is 0.522. The van der Waals surface area contributed by atoms with Crippen LogP contribution in [0.1, 0.15) is 66.4 Å². The molecule has 1 aliphatic heterocycles. The van der Waals surface area contributed by atoms with Gasteiger partial charge in [-0.3, -0.25) is 14.7 Å². The van der Waals surface area contributed by atoms with Crippen LogP contribution in [0.25, 0.3) is 11.3 Å². The number of carbonyl (C=O) groups is 3. The number of nitrogens with zero attached hydrogens (tertiary/aromatic N) is 3. The monoisotopic (exact) mass is 439 g/mol. The number of hydrogen-bond acceptors (Lipinski definition) is 5. The fourth-order valence-electron chi connectivity index (χ4n) is 4.52. The van der Waals surface area contributed by atoms with Crippen LogP contribution in [0, 0.1) is 11.8 Å². The highest BCUT2D eigenvalue weighted by molar-refractivity contribution is 5.94. The number of carboxylic acid groups (broad SMARTS) is 1. The molecule has 1 saturated heterocycles. The van der Waals surface area contributed by atoms with Crippen LogP contribution in [0.3, 0.4) is 0 Å². The number of aromatic carboxylic acids is 1. The summed E-state index contributed by atoms with van der Waals surface area (Å²) in [6.07, 6.45) is 7.14. The largest absolute Gasteiger partial charge is 0.477 e. The molecule has 170 valence electrons. The number of rotatable bonds is 5. The zero-order chi connectivity index (χ0) is 22.7. The number of aromatic amines is 1. The Morgan fingerprint density at radius 3 is 2.50 bits per heavy atom. The summed E-state index contributed by atoms with van der Waals surface area (Å²) >= 11 is 0. The molecule has 2 amide bonds. The number of H-pyrrole nitrogens is 1. The zero-order valence-corrected chi connectivity index (χ0v) is 18.2. The molecule has 32 heavy (non-hydrogen) atoms. The summed E-state index contributed by atoms with van der Waals surface area (Å²) in [4.78, 5) is 42.2. The molecular weight excluding hydrogens is 410 g/mol. The van der Waals surface area contributed by atoms with Crippen LogP contribution in [0.5, 0.6) is 0 Å². The van der Waals surface area contributed by atoms with Crippen LogP contribution in [0.4, 0.5) is 0 Å². The molecule has 0 spiro atoms. The molecule has 0 atom stereocenters. The van der Waals surface area contributed by atoms with E-state index in [0.717, 1.165) is 18.8 Å². The maximum absolute atomic E-state index is 12.9. The highest BCUT2D eigenvalue weighted by Crippen LogP contribution is 2.25. The zero-order valence-electron chi connectivity index (χ0n) is 18.2. The quantitative estimate of drug-likeness (QED) is 0.657. The highest BCUT2D eigenvalue weighted by atomic mass is 16.4. The third kappa shape index (κ3) is 4.98. The maximum Gasteiger partial charge on any atom is 0.354 e. The summed E-state index contributed by atoms with van der Waals surface area (Å²) in [5, 5.41) is 19.2. The van der Waals surface area contributed by atoms with Crippen LogP contribution < -0.4 is 5.32 Å². The van der Waals surface area contributed by atoms with Gasteiger partial charge in [-0.05, 0) is 62.6 Å². The fourth-order valence-corrected chi connectivity index (χ4v) is 4.52. The molecule has 1 aliphatic carbocycles. The van der Waals surface area contributed by atoms with Gasteiger partial charge < -0.3 is 15.3 Å². The summed E-state index contributed by atoms with van der Waals surface area (Å²) in [6.45, 7) is 3.30. The lowest BCUT2D eigenvalue weighted by atomic mass is 9.86. The number of likely N-dealkylation sites (tertiary alicyclic amines) is 1. The number of pyridine rings is 1. The molecule has 9 heteroatoms. The van der Waals surface area contributed by atoms with Crippen molar-refractivity contribution in [2.75, 3.05) is 13.1 Å². The number of piperidine rings is 1. The first-order valence-electron chi connectivity index (χ1n) is 11.3. The van der Waals surface area contributed by atoms with Gasteiger partial charge in [0.05, 0.1) is 5.69 Å². The van der Waals surface area contributed by atoms with Gasteiger partial charge in [0.2, 0.25) is 5.91 Å². The van der Waals surface area contributed by atoms with Gasteiger partial charge >= 0.3 is 5.97 Å². The van der Waals surface area contributed by atoms with E-state index >= 15 is 0 Å². The molecule has 3 N–H and O–H groups in total. The molecular formula is C23H29N5O4. The molecule has 2 aliphatic rings. The van der Waals surface area contributed by atoms with Crippen molar-refractivity contribution < 1.29 is 19.5 Å². The van der Waals surface area contributed by atoms with Gasteiger partial charge in [-0.2, -0.15) is 5.10 Å². The number of nitrogens with one attached hydrogen (secondary N) is 2. The van der Waals surface area contributed by atoms with E-state index in [-0.39, 0.29) is 29.5 Å². The Morgan fingerprint density at radius 1 is 1.09 bits per heavy atom. The Bertz CT molecular complexity index is 988. The van der Waals surface area contributed by atoms with E-state index < -0.39 is 5.97 Å². The van der Waals surface area contributed by atoms with E-state index in [1.54, 1.807) is 17.0 Å². The van der Waals surface area contributed by atoms with Gasteiger partial charge in [0.1, 0.15) is 11.4 Å². The van der Waals surface area contributed by atoms with Gasteiger partial charge in [0.15, 0.2) is 0 Å². The van der Waals surface area contributed by atoms with Crippen LogP contribution in [0.2, 0.25) is 0 Å². The van der Waals surface area contributed by atoms with Gasteiger partial charge in [0.25, 0.3) is 5.91 Å². The highest BCUT2D eigenvalue weighted by Gasteiger charge is 2.30. The van der Waals surface area contributed by atoms with Crippen LogP contribution in [-0.2, 0) is 4.79 Å². The van der Waals surface area contributed by atoms with E-state index in [1.165, 1.54) is 25.1 Å². The second-order valence-corrected chi connectivity index (χ2v) is 8.93. The van der Waals surface area contributed by atoms with Gasteiger partial charge in [-0.15, -0.1) is 0 Å². The van der Waals surface area contributed by atoms with Gasteiger partial charge in [-0.25, -0.2) is 9.78 Å². The Labute approximate surface area is 186 Å². The second kappa shape index (κ2) is 9.50. The third-order valence-corrected chi connectivity index (χ3v) is 6.60. The van der Waals surface area contributed by atoms with Crippen LogP contribution in [0.15, 0.2) is 24.4 Å². The van der Waals surface area contributed by atoms with Gasteiger partial charge in [0, 0.05) is 36.8 Å². The molecule has 0 unspecified atom stereocenters.